The van der Waals surface area contributed by atoms with E-state index in [1.54, 1.807) is 11.8 Å². The molecule has 0 saturated heterocycles. The molecule has 0 amide bonds. The molecule has 0 unspecified atom stereocenters. The van der Waals surface area contributed by atoms with Crippen LogP contribution in [0.4, 0.5) is 0 Å². The number of H-pyrrole nitrogens is 1. The predicted octanol–water partition coefficient (Wildman–Crippen LogP) is 5.47. The summed E-state index contributed by atoms with van der Waals surface area (Å²) in [6.07, 6.45) is 0. The summed E-state index contributed by atoms with van der Waals surface area (Å²) in [6.45, 7) is 0. The SMILES string of the molecule is c1ccc2[nH]c(Sc3cccc4ccccc34)cc2c1. The van der Waals surface area contributed by atoms with Gasteiger partial charge in [-0.05, 0) is 29.0 Å². The van der Waals surface area contributed by atoms with E-state index in [4.69, 9.17) is 0 Å². The summed E-state index contributed by atoms with van der Waals surface area (Å²) in [4.78, 5) is 4.76. The number of aromatic amines is 1. The van der Waals surface area contributed by atoms with Crippen molar-refractivity contribution in [3.63, 3.8) is 0 Å². The zero-order valence-corrected chi connectivity index (χ0v) is 11.7. The summed E-state index contributed by atoms with van der Waals surface area (Å²) < 4.78 is 0. The van der Waals surface area contributed by atoms with Gasteiger partial charge in [0, 0.05) is 15.8 Å². The molecule has 0 fully saturated rings. The highest BCUT2D eigenvalue weighted by molar-refractivity contribution is 7.99. The van der Waals surface area contributed by atoms with E-state index in [0.29, 0.717) is 0 Å². The van der Waals surface area contributed by atoms with Crippen molar-refractivity contribution in [3.05, 3.63) is 72.8 Å². The van der Waals surface area contributed by atoms with Gasteiger partial charge in [-0.2, -0.15) is 0 Å². The second-order valence-electron chi connectivity index (χ2n) is 4.80. The molecule has 0 atom stereocenters. The fourth-order valence-corrected chi connectivity index (χ4v) is 3.53. The van der Waals surface area contributed by atoms with Crippen molar-refractivity contribution in [2.45, 2.75) is 9.92 Å². The first kappa shape index (κ1) is 11.6. The Balaban J connectivity index is 1.80. The third kappa shape index (κ3) is 1.98. The highest BCUT2D eigenvalue weighted by atomic mass is 32.2. The van der Waals surface area contributed by atoms with Crippen LogP contribution in [0.15, 0.2) is 82.7 Å². The van der Waals surface area contributed by atoms with Gasteiger partial charge in [0.15, 0.2) is 0 Å². The van der Waals surface area contributed by atoms with Gasteiger partial charge in [-0.15, -0.1) is 0 Å². The van der Waals surface area contributed by atoms with E-state index < -0.39 is 0 Å². The topological polar surface area (TPSA) is 15.8 Å². The maximum absolute atomic E-state index is 3.47. The molecule has 0 spiro atoms. The van der Waals surface area contributed by atoms with Gasteiger partial charge in [-0.1, -0.05) is 66.4 Å². The standard InChI is InChI=1S/C18H13NS/c1-3-9-15-13(6-1)8-5-11-17(15)20-18-12-14-7-2-4-10-16(14)19-18/h1-12,19H. The van der Waals surface area contributed by atoms with Crippen LogP contribution in [0, 0.1) is 0 Å². The monoisotopic (exact) mass is 275 g/mol. The predicted molar refractivity (Wildman–Crippen MR) is 86.4 cm³/mol. The van der Waals surface area contributed by atoms with Crippen LogP contribution in [0.25, 0.3) is 21.7 Å². The molecule has 0 aliphatic carbocycles. The molecule has 0 aliphatic heterocycles. The number of fused-ring (bicyclic) bond motifs is 2. The van der Waals surface area contributed by atoms with E-state index in [-0.39, 0.29) is 0 Å². The van der Waals surface area contributed by atoms with E-state index in [0.717, 1.165) is 0 Å². The van der Waals surface area contributed by atoms with E-state index >= 15 is 0 Å². The molecule has 1 nitrogen and oxygen atoms in total. The lowest BCUT2D eigenvalue weighted by Gasteiger charge is -2.04. The fraction of sp³-hybridized carbons (Fsp3) is 0. The summed E-state index contributed by atoms with van der Waals surface area (Å²) in [5, 5.41) is 5.03. The lowest BCUT2D eigenvalue weighted by Crippen LogP contribution is -1.77. The summed E-state index contributed by atoms with van der Waals surface area (Å²) in [5.74, 6) is 0. The van der Waals surface area contributed by atoms with Crippen LogP contribution in [0.3, 0.4) is 0 Å². The Labute approximate surface area is 121 Å². The molecule has 0 radical (unpaired) electrons. The molecule has 0 bridgehead atoms. The average Bonchev–Trinajstić information content (AvgIpc) is 2.90. The smallest absolute Gasteiger partial charge is 0.0781 e. The van der Waals surface area contributed by atoms with Gasteiger partial charge in [-0.25, -0.2) is 0 Å². The number of rotatable bonds is 2. The van der Waals surface area contributed by atoms with Crippen LogP contribution in [-0.4, -0.2) is 4.98 Å². The molecule has 3 aromatic carbocycles. The highest BCUT2D eigenvalue weighted by Gasteiger charge is 2.05. The molecule has 1 N–H and O–H groups in total. The van der Waals surface area contributed by atoms with Crippen molar-refractivity contribution in [3.8, 4) is 0 Å². The third-order valence-electron chi connectivity index (χ3n) is 3.47. The van der Waals surface area contributed by atoms with Gasteiger partial charge >= 0.3 is 0 Å². The molecular formula is C18H13NS. The van der Waals surface area contributed by atoms with E-state index in [2.05, 4.69) is 77.8 Å². The van der Waals surface area contributed by atoms with Crippen molar-refractivity contribution < 1.29 is 0 Å². The van der Waals surface area contributed by atoms with Crippen LogP contribution in [0.1, 0.15) is 0 Å². The Hall–Kier alpha value is -2.19. The van der Waals surface area contributed by atoms with Gasteiger partial charge in [0.2, 0.25) is 0 Å². The first-order valence-electron chi connectivity index (χ1n) is 6.63. The maximum atomic E-state index is 3.47. The molecule has 96 valence electrons. The summed E-state index contributed by atoms with van der Waals surface area (Å²) >= 11 is 1.79. The number of benzene rings is 3. The second-order valence-corrected chi connectivity index (χ2v) is 5.88. The minimum absolute atomic E-state index is 1.18. The van der Waals surface area contributed by atoms with Crippen molar-refractivity contribution in [1.82, 2.24) is 4.98 Å². The number of aromatic nitrogens is 1. The van der Waals surface area contributed by atoms with Crippen molar-refractivity contribution in [2.75, 3.05) is 0 Å². The fourth-order valence-electron chi connectivity index (χ4n) is 2.50. The zero-order chi connectivity index (χ0) is 13.4. The van der Waals surface area contributed by atoms with E-state index in [9.17, 15) is 0 Å². The molecular weight excluding hydrogens is 262 g/mol. The Morgan fingerprint density at radius 3 is 2.35 bits per heavy atom. The molecule has 4 rings (SSSR count). The van der Waals surface area contributed by atoms with Crippen LogP contribution >= 0.6 is 11.8 Å². The molecule has 2 heteroatoms. The molecule has 20 heavy (non-hydrogen) atoms. The van der Waals surface area contributed by atoms with Crippen molar-refractivity contribution >= 4 is 33.4 Å². The van der Waals surface area contributed by atoms with Gasteiger partial charge in [0.1, 0.15) is 0 Å². The van der Waals surface area contributed by atoms with E-state index in [1.807, 2.05) is 0 Å². The molecule has 1 aromatic heterocycles. The average molecular weight is 275 g/mol. The summed E-state index contributed by atoms with van der Waals surface area (Å²) in [7, 11) is 0. The highest BCUT2D eigenvalue weighted by Crippen LogP contribution is 2.34. The lowest BCUT2D eigenvalue weighted by molar-refractivity contribution is 1.24. The first-order valence-corrected chi connectivity index (χ1v) is 7.45. The van der Waals surface area contributed by atoms with Crippen molar-refractivity contribution in [1.29, 1.82) is 0 Å². The number of hydrogen-bond acceptors (Lipinski definition) is 1. The van der Waals surface area contributed by atoms with Gasteiger partial charge in [0.05, 0.1) is 5.03 Å². The lowest BCUT2D eigenvalue weighted by atomic mass is 10.1. The Morgan fingerprint density at radius 2 is 1.45 bits per heavy atom. The molecule has 1 heterocycles. The molecule has 0 saturated carbocycles. The number of nitrogens with one attached hydrogen (secondary N) is 1. The van der Waals surface area contributed by atoms with Crippen LogP contribution in [0.5, 0.6) is 0 Å². The number of para-hydroxylation sites is 1. The summed E-state index contributed by atoms with van der Waals surface area (Å²) in [5.41, 5.74) is 1.19. The Kier molecular flexibility index (Phi) is 2.75. The first-order chi connectivity index (χ1) is 9.90. The van der Waals surface area contributed by atoms with E-state index in [1.165, 1.54) is 31.6 Å². The Bertz CT molecular complexity index is 854. The van der Waals surface area contributed by atoms with Crippen LogP contribution in [0.2, 0.25) is 0 Å². The summed E-state index contributed by atoms with van der Waals surface area (Å²) in [6, 6.07) is 25.6. The third-order valence-corrected chi connectivity index (χ3v) is 4.49. The maximum Gasteiger partial charge on any atom is 0.0781 e. The zero-order valence-electron chi connectivity index (χ0n) is 10.8. The Morgan fingerprint density at radius 1 is 0.700 bits per heavy atom. The van der Waals surface area contributed by atoms with Crippen molar-refractivity contribution in [2.24, 2.45) is 0 Å². The normalized spacial score (nSPS) is 11.2. The van der Waals surface area contributed by atoms with Gasteiger partial charge in [-0.3, -0.25) is 0 Å². The van der Waals surface area contributed by atoms with Gasteiger partial charge < -0.3 is 4.98 Å². The quantitative estimate of drug-likeness (QED) is 0.512. The van der Waals surface area contributed by atoms with Crippen LogP contribution < -0.4 is 0 Å². The van der Waals surface area contributed by atoms with Gasteiger partial charge in [0.25, 0.3) is 0 Å². The van der Waals surface area contributed by atoms with Crippen LogP contribution in [-0.2, 0) is 0 Å². The minimum Gasteiger partial charge on any atom is -0.349 e. The largest absolute Gasteiger partial charge is 0.349 e. The number of hydrogen-bond donors (Lipinski definition) is 1. The second kappa shape index (κ2) is 4.73. The minimum atomic E-state index is 1.18. The molecule has 0 aliphatic rings. The molecule has 4 aromatic rings.